The molecule has 1 aliphatic carbocycles. The van der Waals surface area contributed by atoms with Crippen molar-refractivity contribution in [1.29, 1.82) is 0 Å². The molecule has 0 spiro atoms. The highest BCUT2D eigenvalue weighted by Crippen LogP contribution is 2.42. The van der Waals surface area contributed by atoms with Gasteiger partial charge >= 0.3 is 0 Å². The van der Waals surface area contributed by atoms with Gasteiger partial charge in [-0.15, -0.1) is 0 Å². The van der Waals surface area contributed by atoms with Crippen LogP contribution in [-0.4, -0.2) is 30.3 Å². The molecule has 1 aromatic rings. The molecule has 1 aromatic carbocycles. The van der Waals surface area contributed by atoms with E-state index in [1.807, 2.05) is 24.3 Å². The summed E-state index contributed by atoms with van der Waals surface area (Å²) in [6, 6.07) is 8.15. The van der Waals surface area contributed by atoms with Crippen molar-refractivity contribution in [3.05, 3.63) is 35.4 Å². The lowest BCUT2D eigenvalue weighted by Gasteiger charge is -2.51. The Morgan fingerprint density at radius 1 is 1.45 bits per heavy atom. The first-order valence-electron chi connectivity index (χ1n) is 6.82. The monoisotopic (exact) mass is 277 g/mol. The van der Waals surface area contributed by atoms with Crippen LogP contribution in [0, 0.1) is 5.41 Å². The molecule has 0 bridgehead atoms. The van der Waals surface area contributed by atoms with E-state index < -0.39 is 0 Å². The quantitative estimate of drug-likeness (QED) is 0.331. The lowest BCUT2D eigenvalue weighted by molar-refractivity contribution is -0.0979. The maximum absolute atomic E-state index is 8.62. The minimum atomic E-state index is 0.132. The van der Waals surface area contributed by atoms with E-state index in [1.165, 1.54) is 5.56 Å². The fourth-order valence-electron chi connectivity index (χ4n) is 2.72. The number of ether oxygens (including phenoxy) is 1. The average molecular weight is 277 g/mol. The van der Waals surface area contributed by atoms with Gasteiger partial charge in [-0.2, -0.15) is 0 Å². The molecule has 5 nitrogen and oxygen atoms in total. The molecule has 20 heavy (non-hydrogen) atoms. The van der Waals surface area contributed by atoms with E-state index in [1.54, 1.807) is 7.11 Å². The van der Waals surface area contributed by atoms with E-state index >= 15 is 0 Å². The minimum absolute atomic E-state index is 0.132. The van der Waals surface area contributed by atoms with Gasteiger partial charge in [-0.05, 0) is 12.0 Å². The maximum atomic E-state index is 8.62. The Balaban J connectivity index is 1.89. The number of benzene rings is 1. The van der Waals surface area contributed by atoms with Gasteiger partial charge in [0.05, 0.1) is 6.10 Å². The highest BCUT2D eigenvalue weighted by Gasteiger charge is 2.48. The van der Waals surface area contributed by atoms with Crippen LogP contribution < -0.4 is 11.1 Å². The molecule has 0 saturated heterocycles. The fourth-order valence-corrected chi connectivity index (χ4v) is 2.72. The molecule has 1 saturated carbocycles. The molecule has 0 radical (unpaired) electrons. The predicted octanol–water partition coefficient (Wildman–Crippen LogP) is 1.68. The first-order chi connectivity index (χ1) is 9.48. The van der Waals surface area contributed by atoms with Crippen LogP contribution >= 0.6 is 0 Å². The fraction of sp³-hybridized carbons (Fsp3) is 0.533. The molecular weight excluding hydrogens is 254 g/mol. The number of nitrogens with two attached hydrogens (primary N) is 1. The largest absolute Gasteiger partial charge is 0.409 e. The molecule has 0 amide bonds. The van der Waals surface area contributed by atoms with Gasteiger partial charge < -0.3 is 21.0 Å². The van der Waals surface area contributed by atoms with E-state index in [0.717, 1.165) is 18.5 Å². The Hall–Kier alpha value is -1.59. The van der Waals surface area contributed by atoms with Gasteiger partial charge in [-0.3, -0.25) is 0 Å². The molecule has 4 N–H and O–H groups in total. The third kappa shape index (κ3) is 2.78. The number of hydrogen-bond donors (Lipinski definition) is 3. The van der Waals surface area contributed by atoms with Crippen LogP contribution in [0.25, 0.3) is 0 Å². The van der Waals surface area contributed by atoms with Crippen LogP contribution in [0.15, 0.2) is 29.4 Å². The van der Waals surface area contributed by atoms with Crippen LogP contribution in [-0.2, 0) is 11.3 Å². The second-order valence-corrected chi connectivity index (χ2v) is 5.90. The average Bonchev–Trinajstić information content (AvgIpc) is 2.46. The lowest BCUT2D eigenvalue weighted by atomic mass is 9.64. The summed E-state index contributed by atoms with van der Waals surface area (Å²) in [5.41, 5.74) is 7.60. The van der Waals surface area contributed by atoms with Crippen LogP contribution in [0.1, 0.15) is 31.4 Å². The van der Waals surface area contributed by atoms with Crippen molar-refractivity contribution in [2.75, 3.05) is 7.11 Å². The number of oxime groups is 1. The van der Waals surface area contributed by atoms with E-state index in [-0.39, 0.29) is 11.3 Å². The molecule has 5 heteroatoms. The van der Waals surface area contributed by atoms with E-state index in [2.05, 4.69) is 24.3 Å². The second kappa shape index (κ2) is 5.81. The van der Waals surface area contributed by atoms with Crippen molar-refractivity contribution in [2.24, 2.45) is 16.3 Å². The predicted molar refractivity (Wildman–Crippen MR) is 78.8 cm³/mol. The zero-order valence-electron chi connectivity index (χ0n) is 12.3. The van der Waals surface area contributed by atoms with Crippen LogP contribution in [0.3, 0.4) is 0 Å². The molecule has 0 aromatic heterocycles. The molecule has 110 valence electrons. The van der Waals surface area contributed by atoms with E-state index in [0.29, 0.717) is 12.1 Å². The maximum Gasteiger partial charge on any atom is 0.170 e. The molecule has 1 fully saturated rings. The third-order valence-corrected chi connectivity index (χ3v) is 4.37. The Morgan fingerprint density at radius 3 is 2.60 bits per heavy atom. The molecular formula is C15H23N3O2. The molecule has 2 atom stereocenters. The minimum Gasteiger partial charge on any atom is -0.409 e. The number of hydrogen-bond acceptors (Lipinski definition) is 4. The standard InChI is InChI=1S/C15H23N3O2/c1-15(2)12(8-13(15)20-3)17-9-10-4-6-11(7-5-10)14(16)18-19/h4-7,12-13,17,19H,8-9H2,1-3H3,(H2,16,18). The summed E-state index contributed by atoms with van der Waals surface area (Å²) in [7, 11) is 1.77. The van der Waals surface area contributed by atoms with Crippen molar-refractivity contribution in [3.63, 3.8) is 0 Å². The highest BCUT2D eigenvalue weighted by molar-refractivity contribution is 5.96. The summed E-state index contributed by atoms with van der Waals surface area (Å²) < 4.78 is 5.45. The van der Waals surface area contributed by atoms with Crippen molar-refractivity contribution >= 4 is 5.84 Å². The van der Waals surface area contributed by atoms with Gasteiger partial charge in [0.1, 0.15) is 0 Å². The number of nitrogens with one attached hydrogen (secondary N) is 1. The summed E-state index contributed by atoms with van der Waals surface area (Å²) in [4.78, 5) is 0. The zero-order valence-corrected chi connectivity index (χ0v) is 12.3. The molecule has 2 unspecified atom stereocenters. The van der Waals surface area contributed by atoms with Crippen molar-refractivity contribution in [1.82, 2.24) is 5.32 Å². The van der Waals surface area contributed by atoms with Gasteiger partial charge in [-0.25, -0.2) is 0 Å². The van der Waals surface area contributed by atoms with Gasteiger partial charge in [0.2, 0.25) is 0 Å². The van der Waals surface area contributed by atoms with Crippen LogP contribution in [0.2, 0.25) is 0 Å². The molecule has 2 rings (SSSR count). The molecule has 1 aliphatic rings. The summed E-state index contributed by atoms with van der Waals surface area (Å²) in [5, 5.41) is 15.2. The lowest BCUT2D eigenvalue weighted by Crippen LogP contribution is -2.60. The van der Waals surface area contributed by atoms with Gasteiger partial charge in [0.25, 0.3) is 0 Å². The molecule has 0 aliphatic heterocycles. The number of nitrogens with zero attached hydrogens (tertiary/aromatic N) is 1. The van der Waals surface area contributed by atoms with Crippen molar-refractivity contribution in [3.8, 4) is 0 Å². The number of rotatable bonds is 5. The topological polar surface area (TPSA) is 79.9 Å². The summed E-state index contributed by atoms with van der Waals surface area (Å²) in [5.74, 6) is 0.132. The van der Waals surface area contributed by atoms with E-state index in [4.69, 9.17) is 15.7 Å². The van der Waals surface area contributed by atoms with Crippen LogP contribution in [0.5, 0.6) is 0 Å². The second-order valence-electron chi connectivity index (χ2n) is 5.90. The van der Waals surface area contributed by atoms with Crippen LogP contribution in [0.4, 0.5) is 0 Å². The van der Waals surface area contributed by atoms with Gasteiger partial charge in [0, 0.05) is 30.7 Å². The van der Waals surface area contributed by atoms with Gasteiger partial charge in [-0.1, -0.05) is 43.3 Å². The molecule has 0 heterocycles. The smallest absolute Gasteiger partial charge is 0.170 e. The zero-order chi connectivity index (χ0) is 14.8. The first-order valence-corrected chi connectivity index (χ1v) is 6.82. The van der Waals surface area contributed by atoms with Gasteiger partial charge in [0.15, 0.2) is 5.84 Å². The normalized spacial score (nSPS) is 25.2. The third-order valence-electron chi connectivity index (χ3n) is 4.37. The summed E-state index contributed by atoms with van der Waals surface area (Å²) in [6.07, 6.45) is 1.38. The SMILES string of the molecule is COC1CC(NCc2ccc(/C(N)=N/O)cc2)C1(C)C. The number of amidine groups is 1. The highest BCUT2D eigenvalue weighted by atomic mass is 16.5. The first kappa shape index (κ1) is 14.8. The Kier molecular flexibility index (Phi) is 4.30. The summed E-state index contributed by atoms with van der Waals surface area (Å²) in [6.45, 7) is 5.26. The van der Waals surface area contributed by atoms with Crippen molar-refractivity contribution in [2.45, 2.75) is 39.0 Å². The number of methoxy groups -OCH3 is 1. The Labute approximate surface area is 119 Å². The Morgan fingerprint density at radius 2 is 2.10 bits per heavy atom. The Bertz CT molecular complexity index is 482. The summed E-state index contributed by atoms with van der Waals surface area (Å²) >= 11 is 0. The van der Waals surface area contributed by atoms with E-state index in [9.17, 15) is 0 Å². The van der Waals surface area contributed by atoms with Crippen molar-refractivity contribution < 1.29 is 9.94 Å².